The van der Waals surface area contributed by atoms with E-state index in [9.17, 15) is 21.6 Å². The second-order valence-electron chi connectivity index (χ2n) is 5.54. The van der Waals surface area contributed by atoms with Gasteiger partial charge in [0, 0.05) is 22.0 Å². The number of aromatic nitrogens is 1. The number of nitrogens with zero attached hydrogens (tertiary/aromatic N) is 1. The smallest absolute Gasteiger partial charge is 0.255 e. The van der Waals surface area contributed by atoms with Crippen LogP contribution in [0.4, 0.5) is 18.3 Å². The topological polar surface area (TPSA) is 59.1 Å². The molecule has 0 aliphatic heterocycles. The van der Waals surface area contributed by atoms with Gasteiger partial charge < -0.3 is 0 Å². The third-order valence-electron chi connectivity index (χ3n) is 3.53. The van der Waals surface area contributed by atoms with Gasteiger partial charge in [-0.25, -0.2) is 13.4 Å². The molecule has 0 fully saturated rings. The largest absolute Gasteiger partial charge is 0.416 e. The summed E-state index contributed by atoms with van der Waals surface area (Å²) in [5.41, 5.74) is -0.256. The minimum absolute atomic E-state index is 0.0691. The zero-order valence-electron chi connectivity index (χ0n) is 13.5. The lowest BCUT2D eigenvalue weighted by molar-refractivity contribution is -0.137. The molecule has 10 heteroatoms. The molecule has 4 nitrogen and oxygen atoms in total. The molecule has 0 amide bonds. The van der Waals surface area contributed by atoms with Crippen molar-refractivity contribution in [3.8, 4) is 0 Å². The lowest BCUT2D eigenvalue weighted by Crippen LogP contribution is -2.13. The predicted molar refractivity (Wildman–Crippen MR) is 101 cm³/mol. The quantitative estimate of drug-likeness (QED) is 0.542. The third kappa shape index (κ3) is 4.88. The Kier molecular flexibility index (Phi) is 5.59. The Morgan fingerprint density at radius 1 is 1.11 bits per heavy atom. The van der Waals surface area contributed by atoms with Crippen LogP contribution in [0.25, 0.3) is 0 Å². The van der Waals surface area contributed by atoms with E-state index >= 15 is 0 Å². The van der Waals surface area contributed by atoms with Gasteiger partial charge >= 0.3 is 6.18 Å². The highest BCUT2D eigenvalue weighted by Crippen LogP contribution is 2.31. The Balaban J connectivity index is 1.77. The first-order chi connectivity index (χ1) is 12.6. The number of hydrogen-bond donors (Lipinski definition) is 1. The summed E-state index contributed by atoms with van der Waals surface area (Å²) in [6.07, 6.45) is -2.74. The lowest BCUT2D eigenvalue weighted by atomic mass is 10.1. The average molecular weight is 477 g/mol. The minimum atomic E-state index is -4.41. The number of anilines is 1. The van der Waals surface area contributed by atoms with E-state index in [1.165, 1.54) is 18.3 Å². The van der Waals surface area contributed by atoms with Crippen LogP contribution in [-0.2, 0) is 22.6 Å². The fourth-order valence-corrected chi connectivity index (χ4v) is 5.42. The second kappa shape index (κ2) is 7.61. The van der Waals surface area contributed by atoms with Crippen LogP contribution in [0.2, 0.25) is 0 Å². The Morgan fingerprint density at radius 2 is 1.85 bits per heavy atom. The number of rotatable bonds is 5. The number of thiazole rings is 1. The molecule has 0 spiro atoms. The molecule has 0 unspecified atom stereocenters. The molecule has 3 aromatic rings. The SMILES string of the molecule is O=S(=O)(Nc1ncc(Cc2cccc(C(F)(F)F)c2)s1)c1ccccc1Br. The van der Waals surface area contributed by atoms with Gasteiger partial charge in [-0.3, -0.25) is 4.72 Å². The molecule has 0 saturated heterocycles. The Bertz CT molecular complexity index is 1070. The third-order valence-corrected chi connectivity index (χ3v) is 6.93. The molecule has 1 N–H and O–H groups in total. The zero-order valence-corrected chi connectivity index (χ0v) is 16.7. The number of hydrogen-bond acceptors (Lipinski definition) is 4. The molecule has 0 bridgehead atoms. The first-order valence-corrected chi connectivity index (χ1v) is 10.6. The first kappa shape index (κ1) is 19.8. The van der Waals surface area contributed by atoms with Crippen LogP contribution in [0.1, 0.15) is 16.0 Å². The van der Waals surface area contributed by atoms with Crippen molar-refractivity contribution < 1.29 is 21.6 Å². The average Bonchev–Trinajstić information content (AvgIpc) is 3.00. The van der Waals surface area contributed by atoms with Gasteiger partial charge in [0.15, 0.2) is 5.13 Å². The lowest BCUT2D eigenvalue weighted by Gasteiger charge is -2.08. The molecule has 0 aliphatic carbocycles. The summed E-state index contributed by atoms with van der Waals surface area (Å²) in [6, 6.07) is 11.4. The zero-order chi connectivity index (χ0) is 19.7. The molecule has 1 heterocycles. The van der Waals surface area contributed by atoms with Gasteiger partial charge in [0.1, 0.15) is 4.90 Å². The van der Waals surface area contributed by atoms with E-state index in [2.05, 4.69) is 25.6 Å². The van der Waals surface area contributed by atoms with Gasteiger partial charge in [-0.2, -0.15) is 13.2 Å². The molecule has 0 saturated carbocycles. The van der Waals surface area contributed by atoms with Crippen molar-refractivity contribution in [3.05, 3.63) is 75.2 Å². The molecular formula is C17H12BrF3N2O2S2. The van der Waals surface area contributed by atoms with Crippen LogP contribution in [0, 0.1) is 0 Å². The number of benzene rings is 2. The van der Waals surface area contributed by atoms with Crippen molar-refractivity contribution >= 4 is 42.4 Å². The number of alkyl halides is 3. The summed E-state index contributed by atoms with van der Waals surface area (Å²) < 4.78 is 66.1. The highest BCUT2D eigenvalue weighted by Gasteiger charge is 2.30. The maximum Gasteiger partial charge on any atom is 0.416 e. The van der Waals surface area contributed by atoms with Crippen LogP contribution in [-0.4, -0.2) is 13.4 Å². The van der Waals surface area contributed by atoms with Crippen LogP contribution in [0.15, 0.2) is 64.1 Å². The summed E-state index contributed by atoms with van der Waals surface area (Å²) in [6.45, 7) is 0. The summed E-state index contributed by atoms with van der Waals surface area (Å²) in [4.78, 5) is 4.72. The number of halogens is 4. The van der Waals surface area contributed by atoms with Crippen molar-refractivity contribution in [1.29, 1.82) is 0 Å². The maximum absolute atomic E-state index is 12.8. The molecule has 27 heavy (non-hydrogen) atoms. The van der Waals surface area contributed by atoms with Gasteiger partial charge in [0.2, 0.25) is 0 Å². The molecule has 0 atom stereocenters. The summed E-state index contributed by atoms with van der Waals surface area (Å²) in [5.74, 6) is 0. The Morgan fingerprint density at radius 3 is 2.56 bits per heavy atom. The molecule has 0 radical (unpaired) electrons. The van der Waals surface area contributed by atoms with Gasteiger partial charge in [-0.1, -0.05) is 30.3 Å². The van der Waals surface area contributed by atoms with Gasteiger partial charge in [0.25, 0.3) is 10.0 Å². The van der Waals surface area contributed by atoms with E-state index in [-0.39, 0.29) is 16.4 Å². The summed E-state index contributed by atoms with van der Waals surface area (Å²) in [7, 11) is -3.83. The second-order valence-corrected chi connectivity index (χ2v) is 9.16. The van der Waals surface area contributed by atoms with E-state index in [0.717, 1.165) is 23.5 Å². The van der Waals surface area contributed by atoms with E-state index < -0.39 is 21.8 Å². The minimum Gasteiger partial charge on any atom is -0.255 e. The van der Waals surface area contributed by atoms with E-state index in [0.29, 0.717) is 14.9 Å². The van der Waals surface area contributed by atoms with Crippen molar-refractivity contribution in [2.45, 2.75) is 17.5 Å². The first-order valence-electron chi connectivity index (χ1n) is 7.53. The summed E-state index contributed by atoms with van der Waals surface area (Å²) in [5, 5.41) is 0.146. The predicted octanol–water partition coefficient (Wildman–Crippen LogP) is 5.32. The molecule has 2 aromatic carbocycles. The molecule has 3 rings (SSSR count). The van der Waals surface area contributed by atoms with Crippen LogP contribution in [0.5, 0.6) is 0 Å². The summed E-state index contributed by atoms with van der Waals surface area (Å²) >= 11 is 4.26. The van der Waals surface area contributed by atoms with Crippen molar-refractivity contribution in [2.24, 2.45) is 0 Å². The number of nitrogens with one attached hydrogen (secondary N) is 1. The molecule has 0 aliphatic rings. The molecule has 142 valence electrons. The molecule has 1 aromatic heterocycles. The van der Waals surface area contributed by atoms with Gasteiger partial charge in [-0.15, -0.1) is 11.3 Å². The van der Waals surface area contributed by atoms with Crippen molar-refractivity contribution in [3.63, 3.8) is 0 Å². The van der Waals surface area contributed by atoms with Crippen molar-refractivity contribution in [1.82, 2.24) is 4.98 Å². The highest BCUT2D eigenvalue weighted by atomic mass is 79.9. The maximum atomic E-state index is 12.8. The van der Waals surface area contributed by atoms with E-state index in [1.807, 2.05) is 0 Å². The van der Waals surface area contributed by atoms with Crippen molar-refractivity contribution in [2.75, 3.05) is 4.72 Å². The van der Waals surface area contributed by atoms with E-state index in [1.54, 1.807) is 24.3 Å². The standard InChI is InChI=1S/C17H12BrF3N2O2S2/c18-14-6-1-2-7-15(14)27(24,25)23-16-22-10-13(26-16)9-11-4-3-5-12(8-11)17(19,20)21/h1-8,10H,9H2,(H,22,23). The Labute approximate surface area is 166 Å². The van der Waals surface area contributed by atoms with Crippen LogP contribution in [0.3, 0.4) is 0 Å². The van der Waals surface area contributed by atoms with Gasteiger partial charge in [0.05, 0.1) is 5.56 Å². The fourth-order valence-electron chi connectivity index (χ4n) is 2.33. The normalized spacial score (nSPS) is 12.1. The fraction of sp³-hybridized carbons (Fsp3) is 0.118. The molecular weight excluding hydrogens is 465 g/mol. The number of sulfonamides is 1. The van der Waals surface area contributed by atoms with E-state index in [4.69, 9.17) is 0 Å². The monoisotopic (exact) mass is 476 g/mol. The van der Waals surface area contributed by atoms with Gasteiger partial charge in [-0.05, 0) is 39.7 Å². The highest BCUT2D eigenvalue weighted by molar-refractivity contribution is 9.10. The Hall–Kier alpha value is -1.91. The van der Waals surface area contributed by atoms with Crippen LogP contribution >= 0.6 is 27.3 Å². The van der Waals surface area contributed by atoms with Crippen LogP contribution < -0.4 is 4.72 Å².